The molecule has 1 aliphatic heterocycles. The third kappa shape index (κ3) is 3.85. The third-order valence-electron chi connectivity index (χ3n) is 4.99. The van der Waals surface area contributed by atoms with Crippen LogP contribution in [0.25, 0.3) is 11.5 Å². The number of hydrogen-bond donors (Lipinski definition) is 0. The zero-order chi connectivity index (χ0) is 19.5. The van der Waals surface area contributed by atoms with Crippen LogP contribution in [0, 0.1) is 6.92 Å². The van der Waals surface area contributed by atoms with Crippen LogP contribution in [0.3, 0.4) is 0 Å². The third-order valence-corrected chi connectivity index (χ3v) is 4.99. The summed E-state index contributed by atoms with van der Waals surface area (Å²) in [7, 11) is 0. The first-order valence-electron chi connectivity index (χ1n) is 9.30. The average Bonchev–Trinajstić information content (AvgIpc) is 3.21. The van der Waals surface area contributed by atoms with E-state index in [1.165, 1.54) is 10.6 Å². The lowest BCUT2D eigenvalue weighted by Gasteiger charge is -2.30. The summed E-state index contributed by atoms with van der Waals surface area (Å²) in [4.78, 5) is 35.0. The second kappa shape index (κ2) is 7.75. The van der Waals surface area contributed by atoms with Crippen molar-refractivity contribution in [3.05, 3.63) is 64.5 Å². The molecule has 144 valence electrons. The number of rotatable bonds is 4. The summed E-state index contributed by atoms with van der Waals surface area (Å²) in [5.74, 6) is 1.13. The summed E-state index contributed by atoms with van der Waals surface area (Å²) >= 11 is 0. The molecule has 3 aromatic rings. The monoisotopic (exact) mass is 379 g/mol. The Kier molecular flexibility index (Phi) is 5.01. The molecule has 0 bridgehead atoms. The minimum Gasteiger partial charge on any atom is -0.341 e. The van der Waals surface area contributed by atoms with Gasteiger partial charge >= 0.3 is 0 Å². The highest BCUT2D eigenvalue weighted by Gasteiger charge is 2.28. The van der Waals surface area contributed by atoms with Crippen molar-refractivity contribution in [1.82, 2.24) is 24.6 Å². The molecule has 0 N–H and O–H groups in total. The SMILES string of the molecule is Cc1ccn(CC(=O)N2CCC(c3nc(-c4ccccn4)no3)CC2)c(=O)c1. The maximum absolute atomic E-state index is 12.5. The number of nitrogens with zero attached hydrogens (tertiary/aromatic N) is 5. The van der Waals surface area contributed by atoms with Gasteiger partial charge in [0.25, 0.3) is 5.56 Å². The Balaban J connectivity index is 1.36. The Labute approximate surface area is 161 Å². The molecular weight excluding hydrogens is 358 g/mol. The molecule has 0 aliphatic carbocycles. The molecule has 4 rings (SSSR count). The Morgan fingerprint density at radius 3 is 2.79 bits per heavy atom. The minimum absolute atomic E-state index is 0.0518. The van der Waals surface area contributed by atoms with Crippen molar-refractivity contribution in [3.63, 3.8) is 0 Å². The van der Waals surface area contributed by atoms with Gasteiger partial charge in [0.1, 0.15) is 12.2 Å². The molecule has 3 aromatic heterocycles. The fraction of sp³-hybridized carbons (Fsp3) is 0.350. The maximum atomic E-state index is 12.5. The van der Waals surface area contributed by atoms with E-state index in [0.717, 1.165) is 18.4 Å². The molecule has 1 saturated heterocycles. The zero-order valence-electron chi connectivity index (χ0n) is 15.6. The Morgan fingerprint density at radius 1 is 1.25 bits per heavy atom. The highest BCUT2D eigenvalue weighted by molar-refractivity contribution is 5.76. The predicted molar refractivity (Wildman–Crippen MR) is 102 cm³/mol. The molecule has 0 radical (unpaired) electrons. The van der Waals surface area contributed by atoms with E-state index >= 15 is 0 Å². The number of pyridine rings is 2. The van der Waals surface area contributed by atoms with Crippen LogP contribution >= 0.6 is 0 Å². The molecule has 4 heterocycles. The van der Waals surface area contributed by atoms with Gasteiger partial charge in [-0.25, -0.2) is 0 Å². The van der Waals surface area contributed by atoms with Gasteiger partial charge in [-0.1, -0.05) is 11.2 Å². The average molecular weight is 379 g/mol. The highest BCUT2D eigenvalue weighted by atomic mass is 16.5. The summed E-state index contributed by atoms with van der Waals surface area (Å²) in [6.45, 7) is 3.13. The van der Waals surface area contributed by atoms with E-state index in [9.17, 15) is 9.59 Å². The van der Waals surface area contributed by atoms with Crippen LogP contribution in [0.4, 0.5) is 0 Å². The van der Waals surface area contributed by atoms with E-state index in [1.807, 2.05) is 31.2 Å². The van der Waals surface area contributed by atoms with Crippen molar-refractivity contribution < 1.29 is 9.32 Å². The van der Waals surface area contributed by atoms with Crippen LogP contribution < -0.4 is 5.56 Å². The van der Waals surface area contributed by atoms with E-state index in [-0.39, 0.29) is 23.9 Å². The molecule has 0 spiro atoms. The van der Waals surface area contributed by atoms with Crippen molar-refractivity contribution >= 4 is 5.91 Å². The number of amides is 1. The lowest BCUT2D eigenvalue weighted by molar-refractivity contribution is -0.133. The van der Waals surface area contributed by atoms with Crippen LogP contribution in [0.2, 0.25) is 0 Å². The van der Waals surface area contributed by atoms with Crippen molar-refractivity contribution in [1.29, 1.82) is 0 Å². The summed E-state index contributed by atoms with van der Waals surface area (Å²) in [6.07, 6.45) is 4.85. The highest BCUT2D eigenvalue weighted by Crippen LogP contribution is 2.28. The Bertz CT molecular complexity index is 1020. The fourth-order valence-electron chi connectivity index (χ4n) is 3.36. The quantitative estimate of drug-likeness (QED) is 0.688. The maximum Gasteiger partial charge on any atom is 0.251 e. The summed E-state index contributed by atoms with van der Waals surface area (Å²) in [5.41, 5.74) is 1.41. The number of aromatic nitrogens is 4. The van der Waals surface area contributed by atoms with Crippen LogP contribution in [0.15, 0.2) is 52.0 Å². The van der Waals surface area contributed by atoms with E-state index in [1.54, 1.807) is 17.3 Å². The molecule has 1 aliphatic rings. The summed E-state index contributed by atoms with van der Waals surface area (Å²) in [5, 5.41) is 4.02. The van der Waals surface area contributed by atoms with Crippen LogP contribution in [0.5, 0.6) is 0 Å². The lowest BCUT2D eigenvalue weighted by atomic mass is 9.96. The van der Waals surface area contributed by atoms with Crippen molar-refractivity contribution in [2.24, 2.45) is 0 Å². The van der Waals surface area contributed by atoms with Gasteiger partial charge in [-0.15, -0.1) is 0 Å². The van der Waals surface area contributed by atoms with Gasteiger partial charge in [-0.2, -0.15) is 4.98 Å². The van der Waals surface area contributed by atoms with Crippen LogP contribution in [-0.4, -0.2) is 43.6 Å². The van der Waals surface area contributed by atoms with Crippen LogP contribution in [-0.2, 0) is 11.3 Å². The van der Waals surface area contributed by atoms with Gasteiger partial charge in [-0.05, 0) is 43.5 Å². The Morgan fingerprint density at radius 2 is 2.07 bits per heavy atom. The van der Waals surface area contributed by atoms with Gasteiger partial charge in [0.05, 0.1) is 0 Å². The standard InChI is InChI=1S/C20H21N5O3/c1-14-5-9-25(17(26)12-14)13-18(27)24-10-6-15(7-11-24)20-22-19(23-28-20)16-4-2-3-8-21-16/h2-5,8-9,12,15H,6-7,10-11,13H2,1H3. The molecule has 1 fully saturated rings. The summed E-state index contributed by atoms with van der Waals surface area (Å²) in [6, 6.07) is 8.91. The molecule has 1 amide bonds. The molecule has 0 atom stereocenters. The number of aryl methyl sites for hydroxylation is 1. The van der Waals surface area contributed by atoms with Gasteiger partial charge in [0.2, 0.25) is 17.6 Å². The molecule has 0 unspecified atom stereocenters. The molecular formula is C20H21N5O3. The van der Waals surface area contributed by atoms with Gasteiger partial charge in [0, 0.05) is 37.5 Å². The van der Waals surface area contributed by atoms with Crippen molar-refractivity contribution in [2.75, 3.05) is 13.1 Å². The van der Waals surface area contributed by atoms with E-state index in [2.05, 4.69) is 15.1 Å². The zero-order valence-corrected chi connectivity index (χ0v) is 15.6. The first-order valence-corrected chi connectivity index (χ1v) is 9.30. The molecule has 28 heavy (non-hydrogen) atoms. The van der Waals surface area contributed by atoms with Crippen LogP contribution in [0.1, 0.15) is 30.2 Å². The topological polar surface area (TPSA) is 94.1 Å². The second-order valence-electron chi connectivity index (χ2n) is 7.00. The molecule has 8 nitrogen and oxygen atoms in total. The molecule has 0 saturated carbocycles. The lowest BCUT2D eigenvalue weighted by Crippen LogP contribution is -2.41. The van der Waals surface area contributed by atoms with Gasteiger partial charge < -0.3 is 14.0 Å². The van der Waals surface area contributed by atoms with Gasteiger partial charge in [-0.3, -0.25) is 14.6 Å². The molecule has 0 aromatic carbocycles. The predicted octanol–water partition coefficient (Wildman–Crippen LogP) is 2.01. The fourth-order valence-corrected chi connectivity index (χ4v) is 3.36. The van der Waals surface area contributed by atoms with E-state index in [4.69, 9.17) is 4.52 Å². The number of hydrogen-bond acceptors (Lipinski definition) is 6. The normalized spacial score (nSPS) is 15.0. The number of piperidine rings is 1. The minimum atomic E-state index is -0.156. The number of carbonyl (C=O) groups is 1. The van der Waals surface area contributed by atoms with Crippen molar-refractivity contribution in [2.45, 2.75) is 32.2 Å². The van der Waals surface area contributed by atoms with Crippen molar-refractivity contribution in [3.8, 4) is 11.5 Å². The smallest absolute Gasteiger partial charge is 0.251 e. The molecule has 8 heteroatoms. The largest absolute Gasteiger partial charge is 0.341 e. The Hall–Kier alpha value is -3.29. The number of carbonyl (C=O) groups excluding carboxylic acids is 1. The van der Waals surface area contributed by atoms with E-state index in [0.29, 0.717) is 30.5 Å². The first kappa shape index (κ1) is 18.1. The summed E-state index contributed by atoms with van der Waals surface area (Å²) < 4.78 is 6.87. The second-order valence-corrected chi connectivity index (χ2v) is 7.00. The number of likely N-dealkylation sites (tertiary alicyclic amines) is 1. The van der Waals surface area contributed by atoms with E-state index < -0.39 is 0 Å². The van der Waals surface area contributed by atoms with Gasteiger partial charge in [0.15, 0.2) is 0 Å². The first-order chi connectivity index (χ1) is 13.6.